The normalized spacial score (nSPS) is 15.5. The predicted octanol–water partition coefficient (Wildman–Crippen LogP) is 3.52. The van der Waals surface area contributed by atoms with E-state index in [1.165, 1.54) is 16.7 Å². The van der Waals surface area contributed by atoms with Crippen LogP contribution in [0.3, 0.4) is 0 Å². The van der Waals surface area contributed by atoms with Crippen LogP contribution < -0.4 is 10.2 Å². The van der Waals surface area contributed by atoms with Crippen LogP contribution in [0.2, 0.25) is 0 Å². The molecule has 1 aromatic heterocycles. The lowest BCUT2D eigenvalue weighted by Crippen LogP contribution is -2.35. The van der Waals surface area contributed by atoms with Crippen LogP contribution in [0.1, 0.15) is 29.5 Å². The Morgan fingerprint density at radius 1 is 1.17 bits per heavy atom. The molecule has 2 aromatic rings. The second-order valence-electron chi connectivity index (χ2n) is 6.76. The third-order valence-corrected chi connectivity index (χ3v) is 5.01. The molecule has 1 saturated heterocycles. The largest absolute Gasteiger partial charge is 0.396 e. The van der Waals surface area contributed by atoms with E-state index in [1.54, 1.807) is 0 Å². The first-order valence-corrected chi connectivity index (χ1v) is 8.78. The minimum atomic E-state index is 0.300. The van der Waals surface area contributed by atoms with E-state index in [0.29, 0.717) is 12.5 Å². The number of nitrogens with zero attached hydrogens (tertiary/aromatic N) is 2. The summed E-state index contributed by atoms with van der Waals surface area (Å²) in [6.07, 6.45) is 3.92. The average Bonchev–Trinajstić information content (AvgIpc) is 2.63. The lowest BCUT2D eigenvalue weighted by atomic mass is 9.98. The van der Waals surface area contributed by atoms with Crippen molar-refractivity contribution in [1.82, 2.24) is 4.98 Å². The Bertz CT molecular complexity index is 678. The summed E-state index contributed by atoms with van der Waals surface area (Å²) in [5, 5.41) is 12.9. The molecule has 2 N–H and O–H groups in total. The summed E-state index contributed by atoms with van der Waals surface area (Å²) in [7, 11) is 0. The summed E-state index contributed by atoms with van der Waals surface area (Å²) in [5.74, 6) is 1.47. The van der Waals surface area contributed by atoms with Gasteiger partial charge >= 0.3 is 0 Å². The molecule has 1 aliphatic heterocycles. The van der Waals surface area contributed by atoms with Gasteiger partial charge in [0.2, 0.25) is 0 Å². The molecule has 0 atom stereocenters. The standard InChI is InChI=1S/C20H27N3O/c1-15-5-6-18(12-16(15)2)13-22-19-4-3-9-21-20(19)23-10-7-17(14-24)8-11-23/h3-6,9,12,17,22,24H,7-8,10-11,13-14H2,1-2H3. The minimum absolute atomic E-state index is 0.300. The molecule has 0 saturated carbocycles. The van der Waals surface area contributed by atoms with Gasteiger partial charge in [-0.25, -0.2) is 4.98 Å². The van der Waals surface area contributed by atoms with E-state index < -0.39 is 0 Å². The quantitative estimate of drug-likeness (QED) is 0.883. The fraction of sp³-hybridized carbons (Fsp3) is 0.450. The van der Waals surface area contributed by atoms with Gasteiger partial charge in [0.25, 0.3) is 0 Å². The van der Waals surface area contributed by atoms with Gasteiger partial charge in [-0.3, -0.25) is 0 Å². The highest BCUT2D eigenvalue weighted by atomic mass is 16.3. The number of piperidine rings is 1. The Morgan fingerprint density at radius 3 is 2.67 bits per heavy atom. The zero-order valence-electron chi connectivity index (χ0n) is 14.6. The molecule has 4 heteroatoms. The van der Waals surface area contributed by atoms with E-state index in [1.807, 2.05) is 12.3 Å². The number of rotatable bonds is 5. The number of aliphatic hydroxyl groups is 1. The number of pyridine rings is 1. The Kier molecular flexibility index (Phi) is 5.36. The third-order valence-electron chi connectivity index (χ3n) is 5.01. The number of aryl methyl sites for hydroxylation is 2. The lowest BCUT2D eigenvalue weighted by molar-refractivity contribution is 0.203. The highest BCUT2D eigenvalue weighted by Crippen LogP contribution is 2.28. The zero-order valence-corrected chi connectivity index (χ0v) is 14.6. The lowest BCUT2D eigenvalue weighted by Gasteiger charge is -2.33. The number of nitrogens with one attached hydrogen (secondary N) is 1. The van der Waals surface area contributed by atoms with Crippen molar-refractivity contribution < 1.29 is 5.11 Å². The molecule has 2 heterocycles. The summed E-state index contributed by atoms with van der Waals surface area (Å²) < 4.78 is 0. The van der Waals surface area contributed by atoms with E-state index >= 15 is 0 Å². The first kappa shape index (κ1) is 16.8. The Balaban J connectivity index is 1.69. The number of aliphatic hydroxyl groups excluding tert-OH is 1. The Labute approximate surface area is 144 Å². The maximum absolute atomic E-state index is 9.31. The van der Waals surface area contributed by atoms with Crippen LogP contribution in [0.5, 0.6) is 0 Å². The van der Waals surface area contributed by atoms with Gasteiger partial charge in [-0.2, -0.15) is 0 Å². The molecule has 1 aromatic carbocycles. The second-order valence-corrected chi connectivity index (χ2v) is 6.76. The molecule has 128 valence electrons. The third kappa shape index (κ3) is 3.88. The molecule has 1 aliphatic rings. The van der Waals surface area contributed by atoms with Gasteiger partial charge in [-0.15, -0.1) is 0 Å². The van der Waals surface area contributed by atoms with Crippen molar-refractivity contribution in [3.8, 4) is 0 Å². The van der Waals surface area contributed by atoms with E-state index in [-0.39, 0.29) is 0 Å². The molecule has 0 unspecified atom stereocenters. The zero-order chi connectivity index (χ0) is 16.9. The number of hydrogen-bond acceptors (Lipinski definition) is 4. The molecule has 0 spiro atoms. The Hall–Kier alpha value is -2.07. The van der Waals surface area contributed by atoms with Crippen LogP contribution in [-0.4, -0.2) is 29.8 Å². The molecular formula is C20H27N3O. The number of hydrogen-bond donors (Lipinski definition) is 2. The number of anilines is 2. The van der Waals surface area contributed by atoms with E-state index in [9.17, 15) is 5.11 Å². The molecular weight excluding hydrogens is 298 g/mol. The van der Waals surface area contributed by atoms with Crippen molar-refractivity contribution in [3.63, 3.8) is 0 Å². The molecule has 0 radical (unpaired) electrons. The van der Waals surface area contributed by atoms with Crippen molar-refractivity contribution in [2.75, 3.05) is 29.9 Å². The smallest absolute Gasteiger partial charge is 0.151 e. The fourth-order valence-electron chi connectivity index (χ4n) is 3.23. The van der Waals surface area contributed by atoms with Crippen LogP contribution in [-0.2, 0) is 6.54 Å². The first-order chi connectivity index (χ1) is 11.7. The van der Waals surface area contributed by atoms with Gasteiger partial charge in [0.05, 0.1) is 5.69 Å². The maximum Gasteiger partial charge on any atom is 0.151 e. The molecule has 1 fully saturated rings. The van der Waals surface area contributed by atoms with E-state index in [2.05, 4.69) is 53.3 Å². The van der Waals surface area contributed by atoms with Crippen LogP contribution in [0, 0.1) is 19.8 Å². The molecule has 0 amide bonds. The summed E-state index contributed by atoms with van der Waals surface area (Å²) in [6.45, 7) is 7.31. The van der Waals surface area contributed by atoms with E-state index in [4.69, 9.17) is 0 Å². The highest BCUT2D eigenvalue weighted by Gasteiger charge is 2.21. The van der Waals surface area contributed by atoms with Gasteiger partial charge in [0.15, 0.2) is 5.82 Å². The van der Waals surface area contributed by atoms with Gasteiger partial charge in [0, 0.05) is 32.4 Å². The van der Waals surface area contributed by atoms with Crippen molar-refractivity contribution in [2.45, 2.75) is 33.2 Å². The van der Waals surface area contributed by atoms with Crippen LogP contribution in [0.4, 0.5) is 11.5 Å². The SMILES string of the molecule is Cc1ccc(CNc2cccnc2N2CCC(CO)CC2)cc1C. The number of aromatic nitrogens is 1. The van der Waals surface area contributed by atoms with Gasteiger partial charge in [-0.05, 0) is 61.4 Å². The second kappa shape index (κ2) is 7.67. The maximum atomic E-state index is 9.31. The van der Waals surface area contributed by atoms with Gasteiger partial charge in [0.1, 0.15) is 0 Å². The van der Waals surface area contributed by atoms with Crippen LogP contribution in [0.15, 0.2) is 36.5 Å². The van der Waals surface area contributed by atoms with Crippen LogP contribution >= 0.6 is 0 Å². The Morgan fingerprint density at radius 2 is 1.96 bits per heavy atom. The fourth-order valence-corrected chi connectivity index (χ4v) is 3.23. The molecule has 24 heavy (non-hydrogen) atoms. The van der Waals surface area contributed by atoms with Crippen molar-refractivity contribution >= 4 is 11.5 Å². The summed E-state index contributed by atoms with van der Waals surface area (Å²) in [6, 6.07) is 10.7. The van der Waals surface area contributed by atoms with Gasteiger partial charge in [-0.1, -0.05) is 18.2 Å². The minimum Gasteiger partial charge on any atom is -0.396 e. The van der Waals surface area contributed by atoms with Crippen molar-refractivity contribution in [2.24, 2.45) is 5.92 Å². The van der Waals surface area contributed by atoms with Crippen molar-refractivity contribution in [3.05, 3.63) is 53.2 Å². The predicted molar refractivity (Wildman–Crippen MR) is 99.5 cm³/mol. The van der Waals surface area contributed by atoms with Crippen LogP contribution in [0.25, 0.3) is 0 Å². The molecule has 3 rings (SSSR count). The topological polar surface area (TPSA) is 48.4 Å². The van der Waals surface area contributed by atoms with Gasteiger partial charge < -0.3 is 15.3 Å². The average molecular weight is 325 g/mol. The van der Waals surface area contributed by atoms with E-state index in [0.717, 1.165) is 44.0 Å². The first-order valence-electron chi connectivity index (χ1n) is 8.78. The summed E-state index contributed by atoms with van der Waals surface area (Å²) in [5.41, 5.74) is 5.02. The molecule has 0 bridgehead atoms. The summed E-state index contributed by atoms with van der Waals surface area (Å²) in [4.78, 5) is 6.93. The highest BCUT2D eigenvalue weighted by molar-refractivity contribution is 5.65. The summed E-state index contributed by atoms with van der Waals surface area (Å²) >= 11 is 0. The van der Waals surface area contributed by atoms with Crippen molar-refractivity contribution in [1.29, 1.82) is 0 Å². The number of benzene rings is 1. The monoisotopic (exact) mass is 325 g/mol. The molecule has 0 aliphatic carbocycles. The molecule has 4 nitrogen and oxygen atoms in total.